The van der Waals surface area contributed by atoms with E-state index in [1.165, 1.54) is 12.1 Å². The summed E-state index contributed by atoms with van der Waals surface area (Å²) in [4.78, 5) is 28.4. The number of halogens is 3. The Labute approximate surface area is 210 Å². The molecule has 10 heteroatoms. The van der Waals surface area contributed by atoms with Crippen LogP contribution in [0.2, 0.25) is 10.0 Å². The summed E-state index contributed by atoms with van der Waals surface area (Å²) in [7, 11) is 0. The van der Waals surface area contributed by atoms with Gasteiger partial charge in [0.2, 0.25) is 5.91 Å². The third-order valence-corrected chi connectivity index (χ3v) is 6.10. The first kappa shape index (κ1) is 25.8. The Morgan fingerprint density at radius 3 is 2.38 bits per heavy atom. The van der Waals surface area contributed by atoms with E-state index in [1.807, 2.05) is 0 Å². The van der Waals surface area contributed by atoms with Gasteiger partial charge in [-0.3, -0.25) is 4.79 Å². The van der Waals surface area contributed by atoms with Crippen molar-refractivity contribution in [3.63, 3.8) is 0 Å². The van der Waals surface area contributed by atoms with Crippen molar-refractivity contribution in [2.45, 2.75) is 26.9 Å². The molecular formula is C24H20Cl2FNO5S. The van der Waals surface area contributed by atoms with Gasteiger partial charge in [-0.25, -0.2) is 14.2 Å². The van der Waals surface area contributed by atoms with Crippen molar-refractivity contribution in [2.75, 3.05) is 6.61 Å². The molecule has 1 aliphatic heterocycles. The number of nitrogens with zero attached hydrogens (tertiary/aromatic N) is 1. The fraction of sp³-hybridized carbons (Fsp3) is 0.208. The van der Waals surface area contributed by atoms with Crippen LogP contribution in [0.5, 0.6) is 5.75 Å². The summed E-state index contributed by atoms with van der Waals surface area (Å²) in [6, 6.07) is 8.98. The van der Waals surface area contributed by atoms with Crippen LogP contribution < -0.4 is 4.74 Å². The zero-order valence-electron chi connectivity index (χ0n) is 18.2. The molecule has 1 aliphatic rings. The highest BCUT2D eigenvalue weighted by molar-refractivity contribution is 8.18. The fourth-order valence-electron chi connectivity index (χ4n) is 2.87. The number of aliphatic imine (C=N–C) groups is 1. The van der Waals surface area contributed by atoms with E-state index in [9.17, 15) is 19.1 Å². The number of esters is 1. The quantitative estimate of drug-likeness (QED) is 0.416. The van der Waals surface area contributed by atoms with E-state index in [0.29, 0.717) is 5.56 Å². The fourth-order valence-corrected chi connectivity index (χ4v) is 4.52. The normalized spacial score (nSPS) is 15.8. The lowest BCUT2D eigenvalue weighted by molar-refractivity contribution is -0.138. The summed E-state index contributed by atoms with van der Waals surface area (Å²) in [5.41, 5.74) is 1.08. The molecule has 1 heterocycles. The molecule has 6 nitrogen and oxygen atoms in total. The summed E-state index contributed by atoms with van der Waals surface area (Å²) in [5.74, 6) is -1.67. The summed E-state index contributed by atoms with van der Waals surface area (Å²) < 4.78 is 23.8. The number of thioether (sulfide) groups is 1. The highest BCUT2D eigenvalue weighted by Gasteiger charge is 2.33. The van der Waals surface area contributed by atoms with Crippen molar-refractivity contribution in [1.82, 2.24) is 0 Å². The van der Waals surface area contributed by atoms with Crippen molar-refractivity contribution in [1.29, 1.82) is 0 Å². The third-order valence-electron chi connectivity index (χ3n) is 4.51. The summed E-state index contributed by atoms with van der Waals surface area (Å²) >= 11 is 13.7. The van der Waals surface area contributed by atoms with Crippen LogP contribution in [0.3, 0.4) is 0 Å². The number of aliphatic hydroxyl groups excluding tert-OH is 1. The van der Waals surface area contributed by atoms with Crippen LogP contribution in [0.25, 0.3) is 6.08 Å². The maximum atomic E-state index is 13.1. The van der Waals surface area contributed by atoms with Crippen LogP contribution in [-0.4, -0.2) is 28.6 Å². The molecule has 0 unspecified atom stereocenters. The lowest BCUT2D eigenvalue weighted by Gasteiger charge is -2.11. The van der Waals surface area contributed by atoms with Crippen LogP contribution in [0.1, 0.15) is 31.4 Å². The van der Waals surface area contributed by atoms with Gasteiger partial charge in [-0.15, -0.1) is 0 Å². The van der Waals surface area contributed by atoms with E-state index < -0.39 is 11.9 Å². The number of benzene rings is 2. The second-order valence-corrected chi connectivity index (χ2v) is 8.79. The molecule has 0 aromatic heterocycles. The van der Waals surface area contributed by atoms with E-state index in [1.54, 1.807) is 44.2 Å². The number of carbonyl (C=O) groups excluding carboxylic acids is 2. The zero-order chi connectivity index (χ0) is 24.8. The van der Waals surface area contributed by atoms with Gasteiger partial charge >= 0.3 is 5.97 Å². The standard InChI is InChI=1S/C24H20Cl2FNO5S/c1-3-19(29)28-23-20(24(31)32-4-2)21(30)18(34-23)11-14-9-16(25)22(17(26)10-14)33-12-13-5-7-15(27)8-6-13/h5-11,30H,3-4,12H2,1-2H3/b18-11-,28-23?. The summed E-state index contributed by atoms with van der Waals surface area (Å²) in [6.45, 7) is 3.50. The van der Waals surface area contributed by atoms with Gasteiger partial charge in [0.05, 0.1) is 21.6 Å². The van der Waals surface area contributed by atoms with E-state index in [-0.39, 0.29) is 62.5 Å². The maximum absolute atomic E-state index is 13.1. The van der Waals surface area contributed by atoms with E-state index in [2.05, 4.69) is 4.99 Å². The first-order valence-electron chi connectivity index (χ1n) is 10.2. The van der Waals surface area contributed by atoms with Gasteiger partial charge in [-0.05, 0) is 48.4 Å². The largest absolute Gasteiger partial charge is 0.506 e. The maximum Gasteiger partial charge on any atom is 0.344 e. The molecule has 0 fully saturated rings. The monoisotopic (exact) mass is 523 g/mol. The molecule has 34 heavy (non-hydrogen) atoms. The van der Waals surface area contributed by atoms with E-state index in [4.69, 9.17) is 32.7 Å². The van der Waals surface area contributed by atoms with Crippen molar-refractivity contribution in [2.24, 2.45) is 4.99 Å². The Kier molecular flexibility index (Phi) is 8.77. The summed E-state index contributed by atoms with van der Waals surface area (Å²) in [5, 5.41) is 11.2. The topological polar surface area (TPSA) is 85.2 Å². The van der Waals surface area contributed by atoms with E-state index >= 15 is 0 Å². The molecule has 0 atom stereocenters. The molecule has 0 saturated carbocycles. The van der Waals surface area contributed by atoms with Gasteiger partial charge in [0.1, 0.15) is 28.8 Å². The Balaban J connectivity index is 1.89. The number of rotatable bonds is 7. The number of carbonyl (C=O) groups is 2. The number of ether oxygens (including phenoxy) is 2. The predicted molar refractivity (Wildman–Crippen MR) is 132 cm³/mol. The molecule has 0 bridgehead atoms. The Morgan fingerprint density at radius 2 is 1.79 bits per heavy atom. The molecule has 178 valence electrons. The number of aliphatic hydroxyl groups is 1. The van der Waals surface area contributed by atoms with Crippen molar-refractivity contribution < 1.29 is 28.6 Å². The van der Waals surface area contributed by atoms with Gasteiger partial charge < -0.3 is 14.6 Å². The third kappa shape index (κ3) is 6.20. The van der Waals surface area contributed by atoms with Gasteiger partial charge in [0.15, 0.2) is 5.75 Å². The van der Waals surface area contributed by atoms with Crippen molar-refractivity contribution >= 4 is 58.0 Å². The van der Waals surface area contributed by atoms with Gasteiger partial charge in [0, 0.05) is 6.42 Å². The van der Waals surface area contributed by atoms with Crippen molar-refractivity contribution in [3.8, 4) is 5.75 Å². The molecule has 0 aliphatic carbocycles. The van der Waals surface area contributed by atoms with Crippen LogP contribution in [0.4, 0.5) is 4.39 Å². The highest BCUT2D eigenvalue weighted by atomic mass is 35.5. The number of amides is 1. The molecule has 0 radical (unpaired) electrons. The second-order valence-electron chi connectivity index (χ2n) is 6.95. The minimum Gasteiger partial charge on any atom is -0.506 e. The minimum absolute atomic E-state index is 0.0606. The molecule has 1 N–H and O–H groups in total. The number of hydrogen-bond acceptors (Lipinski definition) is 6. The lowest BCUT2D eigenvalue weighted by atomic mass is 10.1. The molecule has 3 rings (SSSR count). The average Bonchev–Trinajstić information content (AvgIpc) is 3.08. The second kappa shape index (κ2) is 11.6. The zero-order valence-corrected chi connectivity index (χ0v) is 20.6. The van der Waals surface area contributed by atoms with Gasteiger partial charge in [0.25, 0.3) is 0 Å². The van der Waals surface area contributed by atoms with Gasteiger partial charge in [-0.1, -0.05) is 54.0 Å². The van der Waals surface area contributed by atoms with Crippen LogP contribution in [0.15, 0.2) is 57.6 Å². The minimum atomic E-state index is -0.779. The van der Waals surface area contributed by atoms with Crippen LogP contribution in [-0.2, 0) is 20.9 Å². The first-order chi connectivity index (χ1) is 16.2. The first-order valence-corrected chi connectivity index (χ1v) is 11.8. The molecule has 0 spiro atoms. The Bertz CT molecular complexity index is 1190. The number of hydrogen-bond donors (Lipinski definition) is 1. The Morgan fingerprint density at radius 1 is 1.15 bits per heavy atom. The van der Waals surface area contributed by atoms with E-state index in [0.717, 1.165) is 17.3 Å². The van der Waals surface area contributed by atoms with Crippen molar-refractivity contribution in [3.05, 3.63) is 79.6 Å². The average molecular weight is 524 g/mol. The molecule has 2 aromatic carbocycles. The smallest absolute Gasteiger partial charge is 0.344 e. The van der Waals surface area contributed by atoms with Crippen LogP contribution in [0, 0.1) is 5.82 Å². The lowest BCUT2D eigenvalue weighted by Crippen LogP contribution is -2.14. The summed E-state index contributed by atoms with van der Waals surface area (Å²) in [6.07, 6.45) is 1.70. The molecule has 0 saturated heterocycles. The molecule has 2 aromatic rings. The van der Waals surface area contributed by atoms with Gasteiger partial charge in [-0.2, -0.15) is 0 Å². The molecular weight excluding hydrogens is 504 g/mol. The predicted octanol–water partition coefficient (Wildman–Crippen LogP) is 6.51. The molecule has 1 amide bonds. The Hall–Kier alpha value is -2.81. The van der Waals surface area contributed by atoms with Crippen LogP contribution >= 0.6 is 35.0 Å². The highest BCUT2D eigenvalue weighted by Crippen LogP contribution is 2.41. The SMILES string of the molecule is CCOC(=O)C1=C(O)/C(=C/c2cc(Cl)c(OCc3ccc(F)cc3)c(Cl)c2)SC1=NC(=O)CC.